The Balaban J connectivity index is 1.77. The van der Waals surface area contributed by atoms with Crippen LogP contribution >= 0.6 is 0 Å². The van der Waals surface area contributed by atoms with Gasteiger partial charge in [-0.3, -0.25) is 9.59 Å². The maximum absolute atomic E-state index is 12.8. The van der Waals surface area contributed by atoms with E-state index in [0.717, 1.165) is 5.56 Å². The number of ether oxygens (including phenoxy) is 2. The number of carbonyl (C=O) groups excluding carboxylic acids is 2. The van der Waals surface area contributed by atoms with Gasteiger partial charge in [-0.05, 0) is 35.9 Å². The zero-order valence-corrected chi connectivity index (χ0v) is 17.3. The number of aromatic nitrogens is 2. The highest BCUT2D eigenvalue weighted by molar-refractivity contribution is 5.92. The number of nitrogens with one attached hydrogen (secondary N) is 1. The standard InChI is InChI=1S/C23H23N3O5/c1-30-14-13-26(15-20-24-19-6-4-3-5-18(19)22(28)25-20)21(27)12-9-16-7-10-17(11-8-16)23(29)31-2/h3-12H,13-15H2,1-2H3,(H,24,25,28)/b12-9+. The number of H-pyrrole nitrogens is 1. The molecule has 0 saturated heterocycles. The van der Waals surface area contributed by atoms with Crippen molar-refractivity contribution in [2.24, 2.45) is 0 Å². The van der Waals surface area contributed by atoms with Crippen LogP contribution in [0.4, 0.5) is 0 Å². The van der Waals surface area contributed by atoms with Crippen LogP contribution in [-0.4, -0.2) is 54.1 Å². The average Bonchev–Trinajstić information content (AvgIpc) is 2.80. The first-order chi connectivity index (χ1) is 15.0. The summed E-state index contributed by atoms with van der Waals surface area (Å²) in [6.07, 6.45) is 3.09. The van der Waals surface area contributed by atoms with Gasteiger partial charge in [0.15, 0.2) is 0 Å². The third kappa shape index (κ3) is 5.64. The Hall–Kier alpha value is -3.78. The first-order valence-electron chi connectivity index (χ1n) is 9.64. The van der Waals surface area contributed by atoms with Gasteiger partial charge in [0.25, 0.3) is 5.56 Å². The number of amides is 1. The Morgan fingerprint density at radius 3 is 2.55 bits per heavy atom. The third-order valence-corrected chi connectivity index (χ3v) is 4.63. The molecule has 0 spiro atoms. The van der Waals surface area contributed by atoms with Gasteiger partial charge in [-0.2, -0.15) is 0 Å². The summed E-state index contributed by atoms with van der Waals surface area (Å²) in [6, 6.07) is 13.7. The van der Waals surface area contributed by atoms with Gasteiger partial charge < -0.3 is 19.4 Å². The number of methoxy groups -OCH3 is 2. The van der Waals surface area contributed by atoms with E-state index in [1.807, 2.05) is 0 Å². The van der Waals surface area contributed by atoms with Crippen LogP contribution in [-0.2, 0) is 20.8 Å². The molecule has 160 valence electrons. The zero-order valence-electron chi connectivity index (χ0n) is 17.3. The minimum atomic E-state index is -0.422. The van der Waals surface area contributed by atoms with Crippen molar-refractivity contribution in [3.05, 3.63) is 81.9 Å². The lowest BCUT2D eigenvalue weighted by Gasteiger charge is -2.20. The molecule has 1 heterocycles. The molecule has 1 aromatic heterocycles. The fourth-order valence-electron chi connectivity index (χ4n) is 2.98. The van der Waals surface area contributed by atoms with Crippen LogP contribution < -0.4 is 5.56 Å². The predicted octanol–water partition coefficient (Wildman–Crippen LogP) is 2.40. The van der Waals surface area contributed by atoms with Crippen molar-refractivity contribution in [3.63, 3.8) is 0 Å². The van der Waals surface area contributed by atoms with Gasteiger partial charge in [0.1, 0.15) is 5.82 Å². The molecule has 0 atom stereocenters. The van der Waals surface area contributed by atoms with Crippen molar-refractivity contribution in [2.75, 3.05) is 27.4 Å². The molecule has 0 aliphatic carbocycles. The molecule has 3 aromatic rings. The molecule has 0 saturated carbocycles. The molecule has 0 fully saturated rings. The molecular formula is C23H23N3O5. The van der Waals surface area contributed by atoms with E-state index in [0.29, 0.717) is 35.4 Å². The summed E-state index contributed by atoms with van der Waals surface area (Å²) >= 11 is 0. The van der Waals surface area contributed by atoms with Crippen molar-refractivity contribution in [1.29, 1.82) is 0 Å². The number of aromatic amines is 1. The lowest BCUT2D eigenvalue weighted by Crippen LogP contribution is -2.33. The first-order valence-corrected chi connectivity index (χ1v) is 9.64. The number of fused-ring (bicyclic) bond motifs is 1. The highest BCUT2D eigenvalue weighted by Gasteiger charge is 2.14. The molecule has 3 rings (SSSR count). The van der Waals surface area contributed by atoms with E-state index in [-0.39, 0.29) is 18.0 Å². The highest BCUT2D eigenvalue weighted by atomic mass is 16.5. The summed E-state index contributed by atoms with van der Waals surface area (Å²) in [6.45, 7) is 0.802. The number of nitrogens with zero attached hydrogens (tertiary/aromatic N) is 2. The van der Waals surface area contributed by atoms with Gasteiger partial charge in [-0.25, -0.2) is 9.78 Å². The second kappa shape index (κ2) is 10.3. The SMILES string of the molecule is COCCN(Cc1nc2ccccc2c(=O)[nH]1)C(=O)/C=C/c1ccc(C(=O)OC)cc1. The molecule has 8 heteroatoms. The minimum absolute atomic E-state index is 0.133. The van der Waals surface area contributed by atoms with E-state index < -0.39 is 5.97 Å². The van der Waals surface area contributed by atoms with Gasteiger partial charge in [-0.1, -0.05) is 24.3 Å². The van der Waals surface area contributed by atoms with Crippen LogP contribution in [0.5, 0.6) is 0 Å². The van der Waals surface area contributed by atoms with Crippen LogP contribution in [0.25, 0.3) is 17.0 Å². The summed E-state index contributed by atoms with van der Waals surface area (Å²) in [5, 5.41) is 0.497. The van der Waals surface area contributed by atoms with Crippen molar-refractivity contribution >= 4 is 28.9 Å². The smallest absolute Gasteiger partial charge is 0.337 e. The van der Waals surface area contributed by atoms with Crippen LogP contribution in [0.1, 0.15) is 21.7 Å². The Morgan fingerprint density at radius 1 is 1.10 bits per heavy atom. The molecular weight excluding hydrogens is 398 g/mol. The molecule has 2 aromatic carbocycles. The number of carbonyl (C=O) groups is 2. The van der Waals surface area contributed by atoms with Crippen LogP contribution in [0, 0.1) is 0 Å². The van der Waals surface area contributed by atoms with Gasteiger partial charge in [0, 0.05) is 19.7 Å². The molecule has 0 unspecified atom stereocenters. The van der Waals surface area contributed by atoms with Crippen molar-refractivity contribution in [2.45, 2.75) is 6.54 Å². The summed E-state index contributed by atoms with van der Waals surface area (Å²) in [5.74, 6) is -0.289. The van der Waals surface area contributed by atoms with E-state index in [9.17, 15) is 14.4 Å². The monoisotopic (exact) mass is 421 g/mol. The molecule has 0 aliphatic rings. The normalized spacial score (nSPS) is 11.0. The lowest BCUT2D eigenvalue weighted by molar-refractivity contribution is -0.127. The fourth-order valence-corrected chi connectivity index (χ4v) is 2.98. The van der Waals surface area contributed by atoms with Gasteiger partial charge in [0.05, 0.1) is 36.7 Å². The quantitative estimate of drug-likeness (QED) is 0.443. The highest BCUT2D eigenvalue weighted by Crippen LogP contribution is 2.10. The van der Waals surface area contributed by atoms with E-state index >= 15 is 0 Å². The molecule has 0 aliphatic heterocycles. The van der Waals surface area contributed by atoms with Crippen LogP contribution in [0.3, 0.4) is 0 Å². The summed E-state index contributed by atoms with van der Waals surface area (Å²) in [4.78, 5) is 45.3. The molecule has 8 nitrogen and oxygen atoms in total. The summed E-state index contributed by atoms with van der Waals surface area (Å²) in [7, 11) is 2.87. The van der Waals surface area contributed by atoms with Gasteiger partial charge in [0.2, 0.25) is 5.91 Å². The number of hydrogen-bond donors (Lipinski definition) is 1. The molecule has 0 radical (unpaired) electrons. The number of esters is 1. The number of para-hydroxylation sites is 1. The third-order valence-electron chi connectivity index (χ3n) is 4.63. The molecule has 31 heavy (non-hydrogen) atoms. The number of rotatable bonds is 8. The average molecular weight is 421 g/mol. The van der Waals surface area contributed by atoms with Crippen molar-refractivity contribution < 1.29 is 19.1 Å². The largest absolute Gasteiger partial charge is 0.465 e. The van der Waals surface area contributed by atoms with Crippen molar-refractivity contribution in [1.82, 2.24) is 14.9 Å². The summed E-state index contributed by atoms with van der Waals surface area (Å²) < 4.78 is 9.78. The fraction of sp³-hybridized carbons (Fsp3) is 0.217. The second-order valence-electron chi connectivity index (χ2n) is 6.73. The predicted molar refractivity (Wildman–Crippen MR) is 116 cm³/mol. The van der Waals surface area contributed by atoms with E-state index in [1.54, 1.807) is 61.7 Å². The Kier molecular flexibility index (Phi) is 7.29. The van der Waals surface area contributed by atoms with E-state index in [1.165, 1.54) is 18.1 Å². The lowest BCUT2D eigenvalue weighted by atomic mass is 10.1. The Bertz CT molecular complexity index is 1150. The first kappa shape index (κ1) is 21.9. The maximum Gasteiger partial charge on any atom is 0.337 e. The second-order valence-corrected chi connectivity index (χ2v) is 6.73. The van der Waals surface area contributed by atoms with Crippen molar-refractivity contribution in [3.8, 4) is 0 Å². The Morgan fingerprint density at radius 2 is 1.84 bits per heavy atom. The molecule has 0 bridgehead atoms. The topological polar surface area (TPSA) is 102 Å². The minimum Gasteiger partial charge on any atom is -0.465 e. The zero-order chi connectivity index (χ0) is 22.2. The van der Waals surface area contributed by atoms with Crippen LogP contribution in [0.15, 0.2) is 59.4 Å². The maximum atomic E-state index is 12.8. The van der Waals surface area contributed by atoms with E-state index in [4.69, 9.17) is 4.74 Å². The van der Waals surface area contributed by atoms with Gasteiger partial charge >= 0.3 is 5.97 Å². The molecule has 1 N–H and O–H groups in total. The van der Waals surface area contributed by atoms with Gasteiger partial charge in [-0.15, -0.1) is 0 Å². The van der Waals surface area contributed by atoms with E-state index in [2.05, 4.69) is 14.7 Å². The number of benzene rings is 2. The number of hydrogen-bond acceptors (Lipinski definition) is 6. The van der Waals surface area contributed by atoms with Crippen LogP contribution in [0.2, 0.25) is 0 Å². The molecule has 1 amide bonds. The Labute approximate surface area is 179 Å². The summed E-state index contributed by atoms with van der Waals surface area (Å²) in [5.41, 5.74) is 1.51.